The van der Waals surface area contributed by atoms with Gasteiger partial charge in [-0.1, -0.05) is 12.1 Å². The number of rotatable bonds is 6. The van der Waals surface area contributed by atoms with E-state index in [1.807, 2.05) is 23.7 Å². The topological polar surface area (TPSA) is 65.1 Å². The largest absolute Gasteiger partial charge is 0.490 e. The Hall–Kier alpha value is -1.85. The van der Waals surface area contributed by atoms with Crippen LogP contribution in [-0.4, -0.2) is 15.9 Å². The standard InChI is InChI=1S/C16H22N4O/c1-3-20-15(9-11(2)19-20)16(18-17)12-5-4-6-14(10-12)21-13-7-8-13/h4-6,9-10,13,16,18H,3,7-8,17H2,1-2H3. The summed E-state index contributed by atoms with van der Waals surface area (Å²) in [6.07, 6.45) is 2.71. The van der Waals surface area contributed by atoms with Gasteiger partial charge in [0.1, 0.15) is 5.75 Å². The second-order valence-electron chi connectivity index (χ2n) is 5.52. The van der Waals surface area contributed by atoms with Crippen molar-refractivity contribution in [2.24, 2.45) is 5.84 Å². The first-order chi connectivity index (χ1) is 10.2. The van der Waals surface area contributed by atoms with Crippen LogP contribution in [0.15, 0.2) is 30.3 Å². The van der Waals surface area contributed by atoms with Crippen molar-refractivity contribution in [2.45, 2.75) is 45.4 Å². The fraction of sp³-hybridized carbons (Fsp3) is 0.438. The van der Waals surface area contributed by atoms with E-state index in [-0.39, 0.29) is 6.04 Å². The van der Waals surface area contributed by atoms with Gasteiger partial charge >= 0.3 is 0 Å². The van der Waals surface area contributed by atoms with Gasteiger partial charge in [-0.25, -0.2) is 5.43 Å². The molecule has 0 spiro atoms. The Labute approximate surface area is 125 Å². The van der Waals surface area contributed by atoms with Gasteiger partial charge in [0.25, 0.3) is 0 Å². The highest BCUT2D eigenvalue weighted by molar-refractivity contribution is 5.35. The van der Waals surface area contributed by atoms with Crippen LogP contribution in [0.25, 0.3) is 0 Å². The summed E-state index contributed by atoms with van der Waals surface area (Å²) in [6, 6.07) is 10.1. The van der Waals surface area contributed by atoms with Crippen LogP contribution in [0.4, 0.5) is 0 Å². The molecule has 0 amide bonds. The van der Waals surface area contributed by atoms with E-state index < -0.39 is 0 Å². The number of nitrogens with zero attached hydrogens (tertiary/aromatic N) is 2. The number of benzene rings is 1. The Morgan fingerprint density at radius 3 is 2.90 bits per heavy atom. The Morgan fingerprint density at radius 2 is 2.24 bits per heavy atom. The number of aromatic nitrogens is 2. The van der Waals surface area contributed by atoms with Crippen molar-refractivity contribution in [3.8, 4) is 5.75 Å². The Morgan fingerprint density at radius 1 is 1.43 bits per heavy atom. The van der Waals surface area contributed by atoms with E-state index in [1.165, 1.54) is 0 Å². The third-order valence-corrected chi connectivity index (χ3v) is 3.71. The summed E-state index contributed by atoms with van der Waals surface area (Å²) in [4.78, 5) is 0. The Kier molecular flexibility index (Phi) is 3.94. The second kappa shape index (κ2) is 5.87. The van der Waals surface area contributed by atoms with Crippen LogP contribution in [0, 0.1) is 6.92 Å². The van der Waals surface area contributed by atoms with Crippen LogP contribution in [-0.2, 0) is 6.54 Å². The smallest absolute Gasteiger partial charge is 0.120 e. The highest BCUT2D eigenvalue weighted by Gasteiger charge is 2.24. The van der Waals surface area contributed by atoms with E-state index in [2.05, 4.69) is 35.6 Å². The summed E-state index contributed by atoms with van der Waals surface area (Å²) in [5, 5.41) is 4.49. The van der Waals surface area contributed by atoms with Gasteiger partial charge in [-0.3, -0.25) is 10.5 Å². The number of aryl methyl sites for hydroxylation is 2. The molecule has 1 fully saturated rings. The zero-order valence-corrected chi connectivity index (χ0v) is 12.5. The number of hydrazine groups is 1. The minimum atomic E-state index is -0.0890. The lowest BCUT2D eigenvalue weighted by molar-refractivity contribution is 0.302. The average Bonchev–Trinajstić information content (AvgIpc) is 3.21. The monoisotopic (exact) mass is 286 g/mol. The lowest BCUT2D eigenvalue weighted by Gasteiger charge is -2.18. The molecule has 1 saturated carbocycles. The summed E-state index contributed by atoms with van der Waals surface area (Å²) in [7, 11) is 0. The normalized spacial score (nSPS) is 16.0. The van der Waals surface area contributed by atoms with Crippen LogP contribution < -0.4 is 16.0 Å². The molecule has 1 aliphatic rings. The van der Waals surface area contributed by atoms with E-state index >= 15 is 0 Å². The molecule has 21 heavy (non-hydrogen) atoms. The zero-order valence-electron chi connectivity index (χ0n) is 12.5. The molecule has 5 nitrogen and oxygen atoms in total. The molecular weight excluding hydrogens is 264 g/mol. The van der Waals surface area contributed by atoms with Crippen molar-refractivity contribution < 1.29 is 4.74 Å². The van der Waals surface area contributed by atoms with Gasteiger partial charge in [-0.2, -0.15) is 5.10 Å². The molecular formula is C16H22N4O. The first kappa shape index (κ1) is 14.1. The van der Waals surface area contributed by atoms with Crippen LogP contribution in [0.2, 0.25) is 0 Å². The van der Waals surface area contributed by atoms with Crippen molar-refractivity contribution in [3.63, 3.8) is 0 Å². The maximum atomic E-state index is 5.87. The van der Waals surface area contributed by atoms with Crippen LogP contribution in [0.1, 0.15) is 42.8 Å². The maximum absolute atomic E-state index is 5.87. The molecule has 1 aliphatic carbocycles. The van der Waals surface area contributed by atoms with Crippen molar-refractivity contribution in [2.75, 3.05) is 0 Å². The van der Waals surface area contributed by atoms with Crippen molar-refractivity contribution in [3.05, 3.63) is 47.3 Å². The minimum Gasteiger partial charge on any atom is -0.490 e. The first-order valence-electron chi connectivity index (χ1n) is 7.48. The predicted octanol–water partition coefficient (Wildman–Crippen LogP) is 2.31. The lowest BCUT2D eigenvalue weighted by atomic mass is 10.0. The van der Waals surface area contributed by atoms with Crippen molar-refractivity contribution in [1.29, 1.82) is 0 Å². The van der Waals surface area contributed by atoms with E-state index in [0.29, 0.717) is 6.10 Å². The molecule has 0 radical (unpaired) electrons. The van der Waals surface area contributed by atoms with Gasteiger partial charge in [0, 0.05) is 6.54 Å². The third-order valence-electron chi connectivity index (χ3n) is 3.71. The predicted molar refractivity (Wildman–Crippen MR) is 81.9 cm³/mol. The number of hydrogen-bond acceptors (Lipinski definition) is 4. The highest BCUT2D eigenvalue weighted by atomic mass is 16.5. The maximum Gasteiger partial charge on any atom is 0.120 e. The Bertz CT molecular complexity index is 618. The molecule has 1 aromatic heterocycles. The van der Waals surface area contributed by atoms with Crippen LogP contribution in [0.3, 0.4) is 0 Å². The lowest BCUT2D eigenvalue weighted by Crippen LogP contribution is -2.30. The van der Waals surface area contributed by atoms with Gasteiger partial charge < -0.3 is 4.74 Å². The van der Waals surface area contributed by atoms with Crippen molar-refractivity contribution in [1.82, 2.24) is 15.2 Å². The molecule has 5 heteroatoms. The molecule has 1 aromatic carbocycles. The molecule has 0 bridgehead atoms. The molecule has 0 saturated heterocycles. The fourth-order valence-corrected chi connectivity index (χ4v) is 2.55. The SMILES string of the molecule is CCn1nc(C)cc1C(NN)c1cccc(OC2CC2)c1. The van der Waals surface area contributed by atoms with Gasteiger partial charge in [-0.15, -0.1) is 0 Å². The molecule has 112 valence electrons. The molecule has 1 atom stereocenters. The van der Waals surface area contributed by atoms with E-state index in [4.69, 9.17) is 10.6 Å². The summed E-state index contributed by atoms with van der Waals surface area (Å²) < 4.78 is 7.85. The molecule has 3 rings (SSSR count). The number of nitrogens with one attached hydrogen (secondary N) is 1. The van der Waals surface area contributed by atoms with E-state index in [9.17, 15) is 0 Å². The van der Waals surface area contributed by atoms with Gasteiger partial charge in [0.05, 0.1) is 23.5 Å². The molecule has 0 aliphatic heterocycles. The second-order valence-corrected chi connectivity index (χ2v) is 5.52. The molecule has 2 aromatic rings. The Balaban J connectivity index is 1.91. The van der Waals surface area contributed by atoms with Crippen LogP contribution >= 0.6 is 0 Å². The molecule has 3 N–H and O–H groups in total. The third kappa shape index (κ3) is 3.09. The summed E-state index contributed by atoms with van der Waals surface area (Å²) in [5.74, 6) is 6.71. The minimum absolute atomic E-state index is 0.0890. The number of nitrogens with two attached hydrogens (primary N) is 1. The van der Waals surface area contributed by atoms with E-state index in [1.54, 1.807) is 0 Å². The summed E-state index contributed by atoms with van der Waals surface area (Å²) in [6.45, 7) is 4.89. The number of ether oxygens (including phenoxy) is 1. The van der Waals surface area contributed by atoms with Crippen LogP contribution in [0.5, 0.6) is 5.75 Å². The molecule has 1 unspecified atom stereocenters. The number of hydrogen-bond donors (Lipinski definition) is 2. The van der Waals surface area contributed by atoms with Crippen molar-refractivity contribution >= 4 is 0 Å². The van der Waals surface area contributed by atoms with Gasteiger partial charge in [-0.05, 0) is 50.5 Å². The quantitative estimate of drug-likeness (QED) is 0.632. The van der Waals surface area contributed by atoms with Gasteiger partial charge in [0.2, 0.25) is 0 Å². The summed E-state index contributed by atoms with van der Waals surface area (Å²) >= 11 is 0. The average molecular weight is 286 g/mol. The highest BCUT2D eigenvalue weighted by Crippen LogP contribution is 2.30. The summed E-state index contributed by atoms with van der Waals surface area (Å²) in [5.41, 5.74) is 6.06. The van der Waals surface area contributed by atoms with E-state index in [0.717, 1.165) is 42.1 Å². The van der Waals surface area contributed by atoms with Gasteiger partial charge in [0.15, 0.2) is 0 Å². The fourth-order valence-electron chi connectivity index (χ4n) is 2.55. The first-order valence-corrected chi connectivity index (χ1v) is 7.48. The zero-order chi connectivity index (χ0) is 14.8. The molecule has 1 heterocycles.